The quantitative estimate of drug-likeness (QED) is 0.697. The van der Waals surface area contributed by atoms with Crippen LogP contribution < -0.4 is 4.74 Å². The molecule has 0 N–H and O–H groups in total. The van der Waals surface area contributed by atoms with Gasteiger partial charge >= 0.3 is 6.61 Å². The third-order valence-electron chi connectivity index (χ3n) is 3.05. The predicted molar refractivity (Wildman–Crippen MR) is 87.7 cm³/mol. The number of para-hydroxylation sites is 1. The van der Waals surface area contributed by atoms with E-state index >= 15 is 0 Å². The van der Waals surface area contributed by atoms with Gasteiger partial charge in [0.05, 0.1) is 5.03 Å². The molecule has 2 rings (SSSR count). The van der Waals surface area contributed by atoms with Crippen molar-refractivity contribution < 1.29 is 21.9 Å². The summed E-state index contributed by atoms with van der Waals surface area (Å²) in [7, 11) is -0.638. The summed E-state index contributed by atoms with van der Waals surface area (Å²) in [6.07, 6.45) is 1.28. The second-order valence-corrected chi connectivity index (χ2v) is 8.04. The molecule has 1 heterocycles. The molecule has 0 amide bonds. The summed E-state index contributed by atoms with van der Waals surface area (Å²) in [4.78, 5) is 4.20. The smallest absolute Gasteiger partial charge is 0.387 e. The summed E-state index contributed by atoms with van der Waals surface area (Å²) < 4.78 is 54.3. The molecule has 0 aliphatic heterocycles. The molecule has 0 spiro atoms. The zero-order valence-corrected chi connectivity index (χ0v) is 14.7. The largest absolute Gasteiger partial charge is 0.435 e. The Bertz CT molecular complexity index is 782. The highest BCUT2D eigenvalue weighted by Crippen LogP contribution is 2.28. The second-order valence-electron chi connectivity index (χ2n) is 4.89. The van der Waals surface area contributed by atoms with E-state index in [0.29, 0.717) is 16.3 Å². The second kappa shape index (κ2) is 7.91. The number of alkyl halides is 2. The first kappa shape index (κ1) is 18.6. The number of aromatic nitrogens is 1. The number of halogens is 2. The first-order chi connectivity index (χ1) is 11.3. The number of hydrogen-bond donors (Lipinski definition) is 0. The van der Waals surface area contributed by atoms with Crippen molar-refractivity contribution in [2.24, 2.45) is 0 Å². The lowest BCUT2D eigenvalue weighted by Gasteiger charge is -2.12. The van der Waals surface area contributed by atoms with Gasteiger partial charge in [0, 0.05) is 31.6 Å². The molecule has 9 heteroatoms. The van der Waals surface area contributed by atoms with E-state index in [1.165, 1.54) is 44.2 Å². The van der Waals surface area contributed by atoms with E-state index in [1.807, 2.05) is 0 Å². The van der Waals surface area contributed by atoms with Crippen molar-refractivity contribution in [3.05, 3.63) is 48.2 Å². The molecule has 0 bridgehead atoms. The Kier molecular flexibility index (Phi) is 6.14. The molecule has 2 aromatic rings. The van der Waals surface area contributed by atoms with Crippen LogP contribution in [0.1, 0.15) is 5.56 Å². The van der Waals surface area contributed by atoms with Crippen LogP contribution in [-0.2, 0) is 15.8 Å². The Labute approximate surface area is 143 Å². The summed E-state index contributed by atoms with van der Waals surface area (Å²) in [5, 5.41) is 0.583. The maximum absolute atomic E-state index is 12.4. The fraction of sp³-hybridized carbons (Fsp3) is 0.267. The average Bonchev–Trinajstić information content (AvgIpc) is 2.54. The lowest BCUT2D eigenvalue weighted by atomic mass is 10.2. The van der Waals surface area contributed by atoms with Gasteiger partial charge in [0.15, 0.2) is 0 Å². The summed E-state index contributed by atoms with van der Waals surface area (Å²) in [6.45, 7) is -2.88. The van der Waals surface area contributed by atoms with E-state index in [9.17, 15) is 17.2 Å². The molecule has 0 radical (unpaired) electrons. The van der Waals surface area contributed by atoms with Crippen LogP contribution in [-0.4, -0.2) is 38.4 Å². The van der Waals surface area contributed by atoms with Gasteiger partial charge in [0.25, 0.3) is 0 Å². The molecule has 130 valence electrons. The summed E-state index contributed by atoms with van der Waals surface area (Å²) in [5.74, 6) is 0.488. The van der Waals surface area contributed by atoms with Crippen LogP contribution in [0.3, 0.4) is 0 Å². The van der Waals surface area contributed by atoms with E-state index in [0.717, 1.165) is 4.31 Å². The number of ether oxygens (including phenoxy) is 1. The molecule has 0 atom stereocenters. The highest BCUT2D eigenvalue weighted by atomic mass is 32.2. The van der Waals surface area contributed by atoms with E-state index < -0.39 is 16.6 Å². The molecule has 24 heavy (non-hydrogen) atoms. The number of rotatable bonds is 7. The van der Waals surface area contributed by atoms with Gasteiger partial charge in [-0.1, -0.05) is 18.2 Å². The van der Waals surface area contributed by atoms with E-state index in [-0.39, 0.29) is 10.6 Å². The molecule has 0 unspecified atom stereocenters. The van der Waals surface area contributed by atoms with Crippen molar-refractivity contribution in [3.63, 3.8) is 0 Å². The Morgan fingerprint density at radius 3 is 2.50 bits per heavy atom. The Morgan fingerprint density at radius 1 is 1.21 bits per heavy atom. The summed E-state index contributed by atoms with van der Waals surface area (Å²) >= 11 is 1.30. The van der Waals surface area contributed by atoms with Crippen LogP contribution in [0.15, 0.2) is 52.5 Å². The Hall–Kier alpha value is -1.71. The van der Waals surface area contributed by atoms with E-state index in [1.54, 1.807) is 24.3 Å². The van der Waals surface area contributed by atoms with Gasteiger partial charge in [-0.2, -0.15) is 8.78 Å². The molecule has 0 saturated heterocycles. The van der Waals surface area contributed by atoms with Gasteiger partial charge in [-0.05, 0) is 18.2 Å². The van der Waals surface area contributed by atoms with Gasteiger partial charge in [0.2, 0.25) is 10.0 Å². The fourth-order valence-electron chi connectivity index (χ4n) is 1.80. The van der Waals surface area contributed by atoms with Crippen LogP contribution in [0.4, 0.5) is 8.78 Å². The van der Waals surface area contributed by atoms with Crippen LogP contribution in [0.5, 0.6) is 5.75 Å². The molecular weight excluding hydrogens is 358 g/mol. The molecule has 0 fully saturated rings. The average molecular weight is 374 g/mol. The maximum atomic E-state index is 12.4. The predicted octanol–water partition coefficient (Wildman–Crippen LogP) is 3.23. The molecular formula is C15H16F2N2O3S2. The van der Waals surface area contributed by atoms with Gasteiger partial charge in [-0.15, -0.1) is 11.8 Å². The molecule has 1 aromatic carbocycles. The van der Waals surface area contributed by atoms with Gasteiger partial charge in [0.1, 0.15) is 10.6 Å². The minimum Gasteiger partial charge on any atom is -0.435 e. The number of nitrogens with zero attached hydrogens (tertiary/aromatic N) is 2. The number of benzene rings is 1. The number of hydrogen-bond acceptors (Lipinski definition) is 5. The lowest BCUT2D eigenvalue weighted by molar-refractivity contribution is -0.0503. The first-order valence-electron chi connectivity index (χ1n) is 6.85. The van der Waals surface area contributed by atoms with Crippen LogP contribution in [0, 0.1) is 0 Å². The Balaban J connectivity index is 2.09. The minimum absolute atomic E-state index is 0.0956. The van der Waals surface area contributed by atoms with Gasteiger partial charge in [-0.3, -0.25) is 0 Å². The van der Waals surface area contributed by atoms with Crippen LogP contribution in [0.25, 0.3) is 0 Å². The Morgan fingerprint density at radius 2 is 1.92 bits per heavy atom. The molecule has 5 nitrogen and oxygen atoms in total. The molecule has 0 saturated carbocycles. The minimum atomic E-state index is -3.52. The van der Waals surface area contributed by atoms with Crippen LogP contribution in [0.2, 0.25) is 0 Å². The maximum Gasteiger partial charge on any atom is 0.387 e. The van der Waals surface area contributed by atoms with Crippen molar-refractivity contribution in [1.82, 2.24) is 9.29 Å². The number of sulfonamides is 1. The lowest BCUT2D eigenvalue weighted by Crippen LogP contribution is -2.22. The van der Waals surface area contributed by atoms with Crippen molar-refractivity contribution in [1.29, 1.82) is 0 Å². The van der Waals surface area contributed by atoms with Crippen molar-refractivity contribution in [2.45, 2.75) is 22.3 Å². The fourth-order valence-corrected chi connectivity index (χ4v) is 3.48. The highest BCUT2D eigenvalue weighted by molar-refractivity contribution is 7.98. The van der Waals surface area contributed by atoms with Crippen molar-refractivity contribution in [3.8, 4) is 5.75 Å². The topological polar surface area (TPSA) is 59.5 Å². The third kappa shape index (κ3) is 4.65. The summed E-state index contributed by atoms with van der Waals surface area (Å²) in [5.41, 5.74) is 0.606. The third-order valence-corrected chi connectivity index (χ3v) is 5.84. The van der Waals surface area contributed by atoms with E-state index in [4.69, 9.17) is 0 Å². The number of thioether (sulfide) groups is 1. The normalized spacial score (nSPS) is 11.9. The summed E-state index contributed by atoms with van der Waals surface area (Å²) in [6, 6.07) is 9.56. The van der Waals surface area contributed by atoms with Crippen molar-refractivity contribution >= 4 is 21.8 Å². The SMILES string of the molecule is CN(C)S(=O)(=O)c1ccc(SCc2ccccc2OC(F)F)nc1. The van der Waals surface area contributed by atoms with E-state index in [2.05, 4.69) is 9.72 Å². The first-order valence-corrected chi connectivity index (χ1v) is 9.27. The standard InChI is InChI=1S/C15H16F2N2O3S2/c1-19(2)24(20,21)12-7-8-14(18-9-12)23-10-11-5-3-4-6-13(11)22-15(16)17/h3-9,15H,10H2,1-2H3. The monoisotopic (exact) mass is 374 g/mol. The molecule has 0 aliphatic carbocycles. The van der Waals surface area contributed by atoms with Crippen molar-refractivity contribution in [2.75, 3.05) is 14.1 Å². The molecule has 0 aliphatic rings. The highest BCUT2D eigenvalue weighted by Gasteiger charge is 2.17. The zero-order valence-electron chi connectivity index (χ0n) is 13.0. The number of pyridine rings is 1. The van der Waals surface area contributed by atoms with Gasteiger partial charge in [-0.25, -0.2) is 17.7 Å². The molecule has 1 aromatic heterocycles. The zero-order chi connectivity index (χ0) is 17.7. The van der Waals surface area contributed by atoms with Gasteiger partial charge < -0.3 is 4.74 Å². The van der Waals surface area contributed by atoms with Crippen LogP contribution >= 0.6 is 11.8 Å².